The molecular weight excluding hydrogens is 416 g/mol. The topological polar surface area (TPSA) is 115 Å². The molecule has 0 unspecified atom stereocenters. The first-order valence-electron chi connectivity index (χ1n) is 7.72. The van der Waals surface area contributed by atoms with Crippen LogP contribution in [0.25, 0.3) is 0 Å². The van der Waals surface area contributed by atoms with Gasteiger partial charge in [-0.15, -0.1) is 0 Å². The Balaban J connectivity index is 1.76. The first kappa shape index (κ1) is 18.4. The Morgan fingerprint density at radius 3 is 2.78 bits per heavy atom. The van der Waals surface area contributed by atoms with Crippen molar-refractivity contribution in [2.24, 2.45) is 5.10 Å². The molecule has 0 aliphatic heterocycles. The predicted octanol–water partition coefficient (Wildman–Crippen LogP) is 2.76. The third-order valence-corrected chi connectivity index (χ3v) is 4.00. The zero-order chi connectivity index (χ0) is 19.2. The Morgan fingerprint density at radius 1 is 1.33 bits per heavy atom. The molecule has 2 aromatic heterocycles. The number of carbonyl (C=O) groups is 1. The summed E-state index contributed by atoms with van der Waals surface area (Å²) in [7, 11) is 0. The fourth-order valence-corrected chi connectivity index (χ4v) is 2.50. The van der Waals surface area contributed by atoms with E-state index in [0.29, 0.717) is 12.1 Å². The molecule has 0 fully saturated rings. The van der Waals surface area contributed by atoms with Crippen molar-refractivity contribution in [1.29, 1.82) is 0 Å². The molecule has 2 heterocycles. The van der Waals surface area contributed by atoms with Crippen LogP contribution in [-0.4, -0.2) is 31.8 Å². The maximum atomic E-state index is 12.2. The number of pyridine rings is 1. The van der Waals surface area contributed by atoms with Crippen LogP contribution in [0.4, 0.5) is 5.69 Å². The van der Waals surface area contributed by atoms with Crippen LogP contribution in [0.3, 0.4) is 0 Å². The summed E-state index contributed by atoms with van der Waals surface area (Å²) in [6, 6.07) is 10.9. The second-order valence-electron chi connectivity index (χ2n) is 5.43. The molecule has 0 saturated carbocycles. The van der Waals surface area contributed by atoms with Crippen LogP contribution in [-0.2, 0) is 6.54 Å². The van der Waals surface area contributed by atoms with Crippen LogP contribution >= 0.6 is 15.9 Å². The number of hydrogen-bond acceptors (Lipinski definition) is 6. The summed E-state index contributed by atoms with van der Waals surface area (Å²) in [5, 5.41) is 19.1. The number of hydrogen-bond donors (Lipinski definition) is 1. The third-order valence-electron chi connectivity index (χ3n) is 3.48. The van der Waals surface area contributed by atoms with Gasteiger partial charge in [0, 0.05) is 22.4 Å². The lowest BCUT2D eigenvalue weighted by Gasteiger charge is -2.01. The fraction of sp³-hybridized carbons (Fsp3) is 0.0588. The van der Waals surface area contributed by atoms with E-state index in [1.807, 2.05) is 24.3 Å². The molecule has 0 atom stereocenters. The first-order valence-corrected chi connectivity index (χ1v) is 8.52. The summed E-state index contributed by atoms with van der Waals surface area (Å²) in [4.78, 5) is 26.8. The number of hydrazone groups is 1. The van der Waals surface area contributed by atoms with Crippen LogP contribution in [0.5, 0.6) is 0 Å². The van der Waals surface area contributed by atoms with E-state index >= 15 is 0 Å². The van der Waals surface area contributed by atoms with Gasteiger partial charge in [0.2, 0.25) is 5.69 Å². The summed E-state index contributed by atoms with van der Waals surface area (Å²) >= 11 is 3.34. The number of halogens is 1. The van der Waals surface area contributed by atoms with Gasteiger partial charge in [0.1, 0.15) is 6.20 Å². The average molecular weight is 429 g/mol. The molecule has 27 heavy (non-hydrogen) atoms. The molecule has 1 N–H and O–H groups in total. The highest BCUT2D eigenvalue weighted by Gasteiger charge is 2.25. The minimum Gasteiger partial charge on any atom is -0.265 e. The summed E-state index contributed by atoms with van der Waals surface area (Å²) < 4.78 is 2.27. The van der Waals surface area contributed by atoms with Crippen molar-refractivity contribution in [2.45, 2.75) is 6.54 Å². The molecule has 136 valence electrons. The lowest BCUT2D eigenvalue weighted by Crippen LogP contribution is -2.19. The van der Waals surface area contributed by atoms with E-state index in [0.717, 1.165) is 10.0 Å². The van der Waals surface area contributed by atoms with Crippen LogP contribution in [0.2, 0.25) is 0 Å². The highest BCUT2D eigenvalue weighted by atomic mass is 79.9. The van der Waals surface area contributed by atoms with E-state index < -0.39 is 10.8 Å². The number of nitrogens with zero attached hydrogens (tertiary/aromatic N) is 5. The van der Waals surface area contributed by atoms with Crippen LogP contribution in [0.1, 0.15) is 21.6 Å². The standard InChI is InChI=1S/C17H13BrN6O3/c18-14-5-3-12(4-6-14)10-23-11-15(24(26)27)16(22-23)17(25)21-20-9-13-2-1-7-19-8-13/h1-9,11H,10H2,(H,21,25)/b20-9+. The smallest absolute Gasteiger partial charge is 0.265 e. The first-order chi connectivity index (χ1) is 13.0. The van der Waals surface area contributed by atoms with Crippen molar-refractivity contribution in [3.8, 4) is 0 Å². The van der Waals surface area contributed by atoms with Crippen LogP contribution < -0.4 is 5.43 Å². The van der Waals surface area contributed by atoms with Crippen molar-refractivity contribution >= 4 is 33.7 Å². The monoisotopic (exact) mass is 428 g/mol. The molecule has 1 aromatic carbocycles. The van der Waals surface area contributed by atoms with E-state index in [1.54, 1.807) is 24.5 Å². The molecule has 1 amide bonds. The van der Waals surface area contributed by atoms with Gasteiger partial charge in [-0.05, 0) is 23.8 Å². The number of aromatic nitrogens is 3. The highest BCUT2D eigenvalue weighted by molar-refractivity contribution is 9.10. The number of carbonyl (C=O) groups excluding carboxylic acids is 1. The Morgan fingerprint density at radius 2 is 2.11 bits per heavy atom. The zero-order valence-corrected chi connectivity index (χ0v) is 15.4. The number of amides is 1. The van der Waals surface area contributed by atoms with Gasteiger partial charge in [-0.2, -0.15) is 10.2 Å². The predicted molar refractivity (Wildman–Crippen MR) is 101 cm³/mol. The highest BCUT2D eigenvalue weighted by Crippen LogP contribution is 2.18. The zero-order valence-electron chi connectivity index (χ0n) is 13.8. The molecule has 0 aliphatic carbocycles. The number of rotatable bonds is 6. The molecule has 0 saturated heterocycles. The number of benzene rings is 1. The van der Waals surface area contributed by atoms with Gasteiger partial charge in [0.25, 0.3) is 5.91 Å². The van der Waals surface area contributed by atoms with Gasteiger partial charge in [0.05, 0.1) is 17.7 Å². The van der Waals surface area contributed by atoms with Gasteiger partial charge in [-0.3, -0.25) is 24.6 Å². The molecular formula is C17H13BrN6O3. The van der Waals surface area contributed by atoms with Crippen LogP contribution in [0.15, 0.2) is 64.6 Å². The van der Waals surface area contributed by atoms with Gasteiger partial charge >= 0.3 is 5.69 Å². The van der Waals surface area contributed by atoms with Crippen molar-refractivity contribution in [2.75, 3.05) is 0 Å². The van der Waals surface area contributed by atoms with E-state index in [4.69, 9.17) is 0 Å². The van der Waals surface area contributed by atoms with Gasteiger partial charge in [-0.1, -0.05) is 34.1 Å². The Hall–Kier alpha value is -3.40. The van der Waals surface area contributed by atoms with Gasteiger partial charge in [-0.25, -0.2) is 5.43 Å². The number of nitro groups is 1. The molecule has 0 radical (unpaired) electrons. The molecule has 9 nitrogen and oxygen atoms in total. The molecule has 10 heteroatoms. The molecule has 0 aliphatic rings. The van der Waals surface area contributed by atoms with Crippen molar-refractivity contribution in [3.63, 3.8) is 0 Å². The normalized spacial score (nSPS) is 10.9. The van der Waals surface area contributed by atoms with Crippen LogP contribution in [0, 0.1) is 10.1 Å². The van der Waals surface area contributed by atoms with Gasteiger partial charge < -0.3 is 0 Å². The summed E-state index contributed by atoms with van der Waals surface area (Å²) in [6.07, 6.45) is 5.78. The van der Waals surface area contributed by atoms with E-state index in [2.05, 4.69) is 36.5 Å². The van der Waals surface area contributed by atoms with Crippen molar-refractivity contribution in [1.82, 2.24) is 20.2 Å². The molecule has 0 bridgehead atoms. The Kier molecular flexibility index (Phi) is 5.67. The minimum absolute atomic E-state index is 0.292. The molecule has 0 spiro atoms. The lowest BCUT2D eigenvalue weighted by molar-refractivity contribution is -0.385. The fourth-order valence-electron chi connectivity index (χ4n) is 2.23. The maximum Gasteiger partial charge on any atom is 0.320 e. The molecule has 3 rings (SSSR count). The minimum atomic E-state index is -0.767. The van der Waals surface area contributed by atoms with Gasteiger partial charge in [0.15, 0.2) is 0 Å². The Labute approximate surface area is 162 Å². The summed E-state index contributed by atoms with van der Waals surface area (Å²) in [5.41, 5.74) is 3.11. The SMILES string of the molecule is O=C(N/N=C/c1cccnc1)c1nn(Cc2ccc(Br)cc2)cc1[N+](=O)[O-]. The second-order valence-corrected chi connectivity index (χ2v) is 6.35. The van der Waals surface area contributed by atoms with E-state index in [9.17, 15) is 14.9 Å². The van der Waals surface area contributed by atoms with Crippen molar-refractivity contribution in [3.05, 3.63) is 86.4 Å². The largest absolute Gasteiger partial charge is 0.320 e. The molecule has 3 aromatic rings. The maximum absolute atomic E-state index is 12.2. The second kappa shape index (κ2) is 8.32. The lowest BCUT2D eigenvalue weighted by atomic mass is 10.2. The van der Waals surface area contributed by atoms with Crippen molar-refractivity contribution < 1.29 is 9.72 Å². The summed E-state index contributed by atoms with van der Waals surface area (Å²) in [5.74, 6) is -0.767. The quantitative estimate of drug-likeness (QED) is 0.368. The average Bonchev–Trinajstić information content (AvgIpc) is 3.09. The number of nitrogens with one attached hydrogen (secondary N) is 1. The third kappa shape index (κ3) is 4.82. The Bertz CT molecular complexity index is 986. The van der Waals surface area contributed by atoms with E-state index in [1.165, 1.54) is 17.1 Å². The van der Waals surface area contributed by atoms with E-state index in [-0.39, 0.29) is 11.4 Å². The summed E-state index contributed by atoms with van der Waals surface area (Å²) in [6.45, 7) is 0.292.